The van der Waals surface area contributed by atoms with Crippen LogP contribution in [0, 0.1) is 0 Å². The van der Waals surface area contributed by atoms with Crippen molar-refractivity contribution < 1.29 is 22.7 Å². The molecule has 4 nitrogen and oxygen atoms in total. The third-order valence-electron chi connectivity index (χ3n) is 6.22. The number of rotatable bonds is 7. The van der Waals surface area contributed by atoms with Gasteiger partial charge in [0, 0.05) is 43.3 Å². The highest BCUT2D eigenvalue weighted by Crippen LogP contribution is 2.30. The van der Waals surface area contributed by atoms with E-state index in [1.165, 1.54) is 12.1 Å². The van der Waals surface area contributed by atoms with E-state index in [0.29, 0.717) is 58.9 Å². The van der Waals surface area contributed by atoms with Gasteiger partial charge >= 0.3 is 6.18 Å². The van der Waals surface area contributed by atoms with E-state index in [4.69, 9.17) is 39.5 Å². The fraction of sp³-hybridized carbons (Fsp3) is 0.296. The second kappa shape index (κ2) is 12.0. The van der Waals surface area contributed by atoms with Gasteiger partial charge in [-0.25, -0.2) is 0 Å². The van der Waals surface area contributed by atoms with Gasteiger partial charge < -0.3 is 9.64 Å². The van der Waals surface area contributed by atoms with Crippen molar-refractivity contribution in [2.75, 3.05) is 32.7 Å². The Morgan fingerprint density at radius 2 is 1.51 bits per heavy atom. The van der Waals surface area contributed by atoms with Crippen LogP contribution in [0.15, 0.2) is 66.7 Å². The monoisotopic (exact) mass is 570 g/mol. The van der Waals surface area contributed by atoms with Crippen LogP contribution in [0.4, 0.5) is 13.2 Å². The highest BCUT2D eigenvalue weighted by atomic mass is 35.5. The fourth-order valence-electron chi connectivity index (χ4n) is 4.10. The van der Waals surface area contributed by atoms with Gasteiger partial charge in [-0.1, -0.05) is 59.1 Å². The topological polar surface area (TPSA) is 32.8 Å². The van der Waals surface area contributed by atoms with Crippen LogP contribution in [0.2, 0.25) is 15.1 Å². The van der Waals surface area contributed by atoms with Crippen molar-refractivity contribution in [1.29, 1.82) is 0 Å². The number of carbonyl (C=O) groups excluding carboxylic acids is 1. The third-order valence-corrected chi connectivity index (χ3v) is 7.22. The summed E-state index contributed by atoms with van der Waals surface area (Å²) in [5.41, 5.74) is 1.34. The van der Waals surface area contributed by atoms with E-state index in [-0.39, 0.29) is 18.6 Å². The van der Waals surface area contributed by atoms with E-state index < -0.39 is 11.7 Å². The van der Waals surface area contributed by atoms with Crippen LogP contribution >= 0.6 is 34.8 Å². The van der Waals surface area contributed by atoms with E-state index in [9.17, 15) is 18.0 Å². The largest absolute Gasteiger partial charge is 0.416 e. The van der Waals surface area contributed by atoms with Crippen LogP contribution in [-0.2, 0) is 17.5 Å². The molecule has 1 saturated heterocycles. The molecule has 3 aromatic rings. The quantitative estimate of drug-likeness (QED) is 0.297. The number of hydrogen-bond acceptors (Lipinski definition) is 3. The molecule has 0 bridgehead atoms. The van der Waals surface area contributed by atoms with Crippen molar-refractivity contribution >= 4 is 40.7 Å². The molecule has 196 valence electrons. The summed E-state index contributed by atoms with van der Waals surface area (Å²) in [4.78, 5) is 16.9. The molecule has 1 atom stereocenters. The van der Waals surface area contributed by atoms with Gasteiger partial charge in [-0.05, 0) is 53.6 Å². The van der Waals surface area contributed by atoms with Crippen LogP contribution in [0.25, 0.3) is 0 Å². The Bertz CT molecular complexity index is 1210. The molecule has 0 aliphatic carbocycles. The lowest BCUT2D eigenvalue weighted by atomic mass is 10.1. The summed E-state index contributed by atoms with van der Waals surface area (Å²) in [6.07, 6.45) is -4.72. The van der Waals surface area contributed by atoms with Gasteiger partial charge in [0.1, 0.15) is 0 Å². The molecule has 1 aliphatic rings. The normalized spacial score (nSPS) is 15.6. The first kappa shape index (κ1) is 27.7. The van der Waals surface area contributed by atoms with Crippen LogP contribution < -0.4 is 0 Å². The molecule has 0 N–H and O–H groups in total. The van der Waals surface area contributed by atoms with E-state index in [2.05, 4.69) is 4.90 Å². The minimum absolute atomic E-state index is 0.106. The molecule has 1 fully saturated rings. The molecule has 4 rings (SSSR count). The van der Waals surface area contributed by atoms with Gasteiger partial charge in [-0.15, -0.1) is 0 Å². The Labute approximate surface area is 228 Å². The average Bonchev–Trinajstić information content (AvgIpc) is 2.88. The summed E-state index contributed by atoms with van der Waals surface area (Å²) in [7, 11) is 0. The lowest BCUT2D eigenvalue weighted by Gasteiger charge is -2.36. The van der Waals surface area contributed by atoms with Crippen molar-refractivity contribution in [3.63, 3.8) is 0 Å². The standard InChI is InChI=1S/C27H24Cl3F3N2O2/c28-22-8-3-19(4-9-22)25(37-17-18-1-6-21(7-2-18)27(31,32)33)16-34-11-13-35(14-12-34)26(36)20-5-10-23(29)24(30)15-20/h1-10,15,25H,11-14,16-17H2/t25-/m0/s1. The van der Waals surface area contributed by atoms with Crippen molar-refractivity contribution in [3.8, 4) is 0 Å². The lowest BCUT2D eigenvalue weighted by molar-refractivity contribution is -0.137. The Kier molecular flexibility index (Phi) is 9.03. The zero-order chi connectivity index (χ0) is 26.6. The maximum atomic E-state index is 12.9. The van der Waals surface area contributed by atoms with Crippen LogP contribution in [0.5, 0.6) is 0 Å². The van der Waals surface area contributed by atoms with Crippen molar-refractivity contribution in [2.24, 2.45) is 0 Å². The van der Waals surface area contributed by atoms with Gasteiger partial charge in [-0.2, -0.15) is 13.2 Å². The molecule has 37 heavy (non-hydrogen) atoms. The maximum Gasteiger partial charge on any atom is 0.416 e. The molecule has 10 heteroatoms. The summed E-state index contributed by atoms with van der Waals surface area (Å²) in [5, 5.41) is 1.33. The number of alkyl halides is 3. The first-order valence-electron chi connectivity index (χ1n) is 11.6. The van der Waals surface area contributed by atoms with Gasteiger partial charge in [0.2, 0.25) is 0 Å². The first-order chi connectivity index (χ1) is 17.6. The molecule has 0 aromatic heterocycles. The van der Waals surface area contributed by atoms with Crippen LogP contribution in [0.3, 0.4) is 0 Å². The Morgan fingerprint density at radius 3 is 2.11 bits per heavy atom. The van der Waals surface area contributed by atoms with Gasteiger partial charge in [-0.3, -0.25) is 9.69 Å². The predicted octanol–water partition coefficient (Wildman–Crippen LogP) is 7.38. The summed E-state index contributed by atoms with van der Waals surface area (Å²) in [6.45, 7) is 3.05. The number of carbonyl (C=O) groups is 1. The van der Waals surface area contributed by atoms with Crippen molar-refractivity contribution in [2.45, 2.75) is 18.9 Å². The SMILES string of the molecule is O=C(c1ccc(Cl)c(Cl)c1)N1CCN(C[C@H](OCc2ccc(C(F)(F)F)cc2)c2ccc(Cl)cc2)CC1. The second-order valence-electron chi connectivity index (χ2n) is 8.77. The van der Waals surface area contributed by atoms with E-state index in [0.717, 1.165) is 17.7 Å². The molecular weight excluding hydrogens is 548 g/mol. The summed E-state index contributed by atoms with van der Waals surface area (Å²) < 4.78 is 44.8. The molecule has 1 aliphatic heterocycles. The Balaban J connectivity index is 1.38. The molecule has 1 heterocycles. The number of halogens is 6. The number of nitrogens with zero attached hydrogens (tertiary/aromatic N) is 2. The highest BCUT2D eigenvalue weighted by Gasteiger charge is 2.30. The van der Waals surface area contributed by atoms with Gasteiger partial charge in [0.15, 0.2) is 0 Å². The van der Waals surface area contributed by atoms with E-state index in [1.54, 1.807) is 35.2 Å². The number of piperazine rings is 1. The predicted molar refractivity (Wildman–Crippen MR) is 139 cm³/mol. The van der Waals surface area contributed by atoms with E-state index in [1.807, 2.05) is 12.1 Å². The zero-order valence-electron chi connectivity index (χ0n) is 19.6. The van der Waals surface area contributed by atoms with Crippen LogP contribution in [0.1, 0.15) is 33.2 Å². The fourth-order valence-corrected chi connectivity index (χ4v) is 4.52. The van der Waals surface area contributed by atoms with Crippen molar-refractivity contribution in [3.05, 3.63) is 104 Å². The average molecular weight is 572 g/mol. The van der Waals surface area contributed by atoms with Crippen molar-refractivity contribution in [1.82, 2.24) is 9.80 Å². The molecular formula is C27H24Cl3F3N2O2. The number of ether oxygens (including phenoxy) is 1. The van der Waals surface area contributed by atoms with Gasteiger partial charge in [0.05, 0.1) is 28.3 Å². The number of amides is 1. The smallest absolute Gasteiger partial charge is 0.368 e. The molecule has 0 saturated carbocycles. The highest BCUT2D eigenvalue weighted by molar-refractivity contribution is 6.42. The Hall–Kier alpha value is -2.29. The summed E-state index contributed by atoms with van der Waals surface area (Å²) in [5.74, 6) is -0.106. The number of benzene rings is 3. The molecule has 0 radical (unpaired) electrons. The minimum Gasteiger partial charge on any atom is -0.368 e. The molecule has 3 aromatic carbocycles. The first-order valence-corrected chi connectivity index (χ1v) is 12.7. The summed E-state index contributed by atoms with van der Waals surface area (Å²) in [6, 6.07) is 17.1. The minimum atomic E-state index is -4.38. The lowest BCUT2D eigenvalue weighted by Crippen LogP contribution is -2.49. The third kappa shape index (κ3) is 7.39. The molecule has 0 unspecified atom stereocenters. The molecule has 0 spiro atoms. The van der Waals surface area contributed by atoms with E-state index >= 15 is 0 Å². The van der Waals surface area contributed by atoms with Crippen LogP contribution in [-0.4, -0.2) is 48.4 Å². The van der Waals surface area contributed by atoms with Gasteiger partial charge in [0.25, 0.3) is 5.91 Å². The second-order valence-corrected chi connectivity index (χ2v) is 10.0. The number of hydrogen-bond donors (Lipinski definition) is 0. The summed E-state index contributed by atoms with van der Waals surface area (Å²) >= 11 is 18.1. The Morgan fingerprint density at radius 1 is 0.865 bits per heavy atom. The molecule has 1 amide bonds. The maximum absolute atomic E-state index is 12.9. The zero-order valence-corrected chi connectivity index (χ0v) is 21.9.